The molecule has 2 aliphatic heterocycles. The Balaban J connectivity index is 0.000000531. The van der Waals surface area contributed by atoms with Crippen LogP contribution in [0.25, 0.3) is 0 Å². The minimum absolute atomic E-state index is 0.846. The highest BCUT2D eigenvalue weighted by Crippen LogP contribution is 2.15. The van der Waals surface area contributed by atoms with Gasteiger partial charge in [-0.25, -0.2) is 0 Å². The van der Waals surface area contributed by atoms with Gasteiger partial charge in [-0.2, -0.15) is 0 Å². The zero-order valence-electron chi connectivity index (χ0n) is 10.9. The largest absolute Gasteiger partial charge is 0.305 e. The molecule has 3 nitrogen and oxygen atoms in total. The summed E-state index contributed by atoms with van der Waals surface area (Å²) in [7, 11) is 4.45. The van der Waals surface area contributed by atoms with Crippen LogP contribution in [0.15, 0.2) is 0 Å². The molecule has 2 aliphatic rings. The van der Waals surface area contributed by atoms with Crippen LogP contribution in [0.2, 0.25) is 0 Å². The summed E-state index contributed by atoms with van der Waals surface area (Å²) in [6.45, 7) is 11.6. The Hall–Kier alpha value is -0.120. The first kappa shape index (κ1) is 12.9. The molecule has 0 aromatic rings. The van der Waals surface area contributed by atoms with Gasteiger partial charge in [0.15, 0.2) is 0 Å². The maximum atomic E-state index is 2.67. The Kier molecular flexibility index (Phi) is 5.58. The predicted molar refractivity (Wildman–Crippen MR) is 66.3 cm³/mol. The van der Waals surface area contributed by atoms with Crippen molar-refractivity contribution in [2.75, 3.05) is 53.4 Å². The Morgan fingerprint density at radius 3 is 1.87 bits per heavy atom. The van der Waals surface area contributed by atoms with E-state index in [-0.39, 0.29) is 0 Å². The fourth-order valence-electron chi connectivity index (χ4n) is 2.40. The fraction of sp³-hybridized carbons (Fsp3) is 1.00. The molecule has 0 unspecified atom stereocenters. The van der Waals surface area contributed by atoms with Gasteiger partial charge < -0.3 is 9.80 Å². The molecular formula is C12H27N3. The molecule has 0 amide bonds. The van der Waals surface area contributed by atoms with E-state index in [1.807, 2.05) is 13.8 Å². The molecule has 0 radical (unpaired) electrons. The second-order valence-electron chi connectivity index (χ2n) is 4.54. The molecule has 1 atom stereocenters. The van der Waals surface area contributed by atoms with E-state index in [1.165, 1.54) is 45.7 Å². The van der Waals surface area contributed by atoms with Crippen molar-refractivity contribution in [2.45, 2.75) is 26.3 Å². The molecule has 2 rings (SSSR count). The van der Waals surface area contributed by atoms with Gasteiger partial charge in [0.1, 0.15) is 0 Å². The van der Waals surface area contributed by atoms with Crippen molar-refractivity contribution in [1.29, 1.82) is 0 Å². The fourth-order valence-corrected chi connectivity index (χ4v) is 2.40. The van der Waals surface area contributed by atoms with E-state index >= 15 is 0 Å². The maximum Gasteiger partial charge on any atom is 0.0236 e. The van der Waals surface area contributed by atoms with Crippen LogP contribution in [0.3, 0.4) is 0 Å². The third kappa shape index (κ3) is 3.74. The maximum absolute atomic E-state index is 2.67. The summed E-state index contributed by atoms with van der Waals surface area (Å²) in [4.78, 5) is 7.54. The van der Waals surface area contributed by atoms with Crippen molar-refractivity contribution >= 4 is 0 Å². The summed E-state index contributed by atoms with van der Waals surface area (Å²) in [5.74, 6) is 0. The van der Waals surface area contributed by atoms with Gasteiger partial charge in [-0.3, -0.25) is 4.90 Å². The van der Waals surface area contributed by atoms with Crippen molar-refractivity contribution in [1.82, 2.24) is 14.7 Å². The Bertz CT molecular complexity index is 164. The molecule has 0 spiro atoms. The monoisotopic (exact) mass is 213 g/mol. The number of hydrogen-bond acceptors (Lipinski definition) is 3. The predicted octanol–water partition coefficient (Wildman–Crippen LogP) is 0.964. The van der Waals surface area contributed by atoms with Crippen LogP contribution in [0.5, 0.6) is 0 Å². The van der Waals surface area contributed by atoms with E-state index in [2.05, 4.69) is 28.8 Å². The third-order valence-electron chi connectivity index (χ3n) is 3.42. The van der Waals surface area contributed by atoms with Gasteiger partial charge in [-0.15, -0.1) is 0 Å². The van der Waals surface area contributed by atoms with Crippen molar-refractivity contribution in [3.05, 3.63) is 0 Å². The molecule has 0 N–H and O–H groups in total. The summed E-state index contributed by atoms with van der Waals surface area (Å²) in [5.41, 5.74) is 0. The molecule has 15 heavy (non-hydrogen) atoms. The van der Waals surface area contributed by atoms with E-state index in [9.17, 15) is 0 Å². The van der Waals surface area contributed by atoms with Crippen LogP contribution < -0.4 is 0 Å². The first-order valence-corrected chi connectivity index (χ1v) is 6.37. The van der Waals surface area contributed by atoms with Gasteiger partial charge >= 0.3 is 0 Å². The lowest BCUT2D eigenvalue weighted by Crippen LogP contribution is -2.49. The van der Waals surface area contributed by atoms with Gasteiger partial charge in [0.2, 0.25) is 0 Å². The van der Waals surface area contributed by atoms with Crippen LogP contribution >= 0.6 is 0 Å². The molecule has 0 bridgehead atoms. The first-order chi connectivity index (χ1) is 7.25. The van der Waals surface area contributed by atoms with Crippen molar-refractivity contribution in [3.63, 3.8) is 0 Å². The lowest BCUT2D eigenvalue weighted by molar-refractivity contribution is 0.114. The molecule has 90 valence electrons. The lowest BCUT2D eigenvalue weighted by atomic mass is 10.2. The molecular weight excluding hydrogens is 186 g/mol. The zero-order valence-corrected chi connectivity index (χ0v) is 10.9. The molecule has 0 aromatic heterocycles. The topological polar surface area (TPSA) is 9.72 Å². The molecule has 0 aliphatic carbocycles. The minimum Gasteiger partial charge on any atom is -0.305 e. The Labute approximate surface area is 95.0 Å². The SMILES string of the molecule is CC.CN1CCN([C@@H]2CCN(C)C2)CC1. The Morgan fingerprint density at radius 2 is 1.40 bits per heavy atom. The lowest BCUT2D eigenvalue weighted by Gasteiger charge is -2.36. The summed E-state index contributed by atoms with van der Waals surface area (Å²) < 4.78 is 0. The summed E-state index contributed by atoms with van der Waals surface area (Å²) in [5, 5.41) is 0. The van der Waals surface area contributed by atoms with Crippen molar-refractivity contribution in [2.24, 2.45) is 0 Å². The summed E-state index contributed by atoms with van der Waals surface area (Å²) in [6.07, 6.45) is 1.38. The van der Waals surface area contributed by atoms with E-state index in [0.29, 0.717) is 0 Å². The molecule has 0 aromatic carbocycles. The molecule has 2 saturated heterocycles. The van der Waals surface area contributed by atoms with E-state index in [4.69, 9.17) is 0 Å². The summed E-state index contributed by atoms with van der Waals surface area (Å²) in [6, 6.07) is 0.846. The number of likely N-dealkylation sites (tertiary alicyclic amines) is 1. The van der Waals surface area contributed by atoms with E-state index in [0.717, 1.165) is 6.04 Å². The van der Waals surface area contributed by atoms with Crippen molar-refractivity contribution < 1.29 is 0 Å². The van der Waals surface area contributed by atoms with Gasteiger partial charge in [0.05, 0.1) is 0 Å². The molecule has 3 heteroatoms. The van der Waals surface area contributed by atoms with Gasteiger partial charge in [0.25, 0.3) is 0 Å². The molecule has 0 saturated carbocycles. The van der Waals surface area contributed by atoms with Crippen molar-refractivity contribution in [3.8, 4) is 0 Å². The van der Waals surface area contributed by atoms with Crippen LogP contribution in [0.4, 0.5) is 0 Å². The summed E-state index contributed by atoms with van der Waals surface area (Å²) >= 11 is 0. The van der Waals surface area contributed by atoms with E-state index in [1.54, 1.807) is 0 Å². The number of piperazine rings is 1. The highest BCUT2D eigenvalue weighted by molar-refractivity contribution is 4.84. The second kappa shape index (κ2) is 6.46. The molecule has 2 fully saturated rings. The smallest absolute Gasteiger partial charge is 0.0236 e. The minimum atomic E-state index is 0.846. The van der Waals surface area contributed by atoms with Gasteiger partial charge in [-0.1, -0.05) is 13.8 Å². The molecule has 2 heterocycles. The van der Waals surface area contributed by atoms with Gasteiger partial charge in [0, 0.05) is 38.8 Å². The first-order valence-electron chi connectivity index (χ1n) is 6.37. The van der Waals surface area contributed by atoms with Crippen LogP contribution in [0.1, 0.15) is 20.3 Å². The normalized spacial score (nSPS) is 30.0. The Morgan fingerprint density at radius 1 is 0.800 bits per heavy atom. The highest BCUT2D eigenvalue weighted by Gasteiger charge is 2.27. The van der Waals surface area contributed by atoms with Crippen LogP contribution in [-0.4, -0.2) is 74.1 Å². The number of nitrogens with zero attached hydrogens (tertiary/aromatic N) is 3. The second-order valence-corrected chi connectivity index (χ2v) is 4.54. The number of hydrogen-bond donors (Lipinski definition) is 0. The average Bonchev–Trinajstić information content (AvgIpc) is 2.69. The zero-order chi connectivity index (χ0) is 11.3. The quantitative estimate of drug-likeness (QED) is 0.642. The van der Waals surface area contributed by atoms with Crippen LogP contribution in [0, 0.1) is 0 Å². The van der Waals surface area contributed by atoms with Gasteiger partial charge in [-0.05, 0) is 27.1 Å². The third-order valence-corrected chi connectivity index (χ3v) is 3.42. The van der Waals surface area contributed by atoms with Crippen LogP contribution in [-0.2, 0) is 0 Å². The average molecular weight is 213 g/mol. The number of rotatable bonds is 1. The number of likely N-dealkylation sites (N-methyl/N-ethyl adjacent to an activating group) is 2. The van der Waals surface area contributed by atoms with E-state index < -0.39 is 0 Å². The highest BCUT2D eigenvalue weighted by atomic mass is 15.3. The standard InChI is InChI=1S/C10H21N3.C2H6/c1-11-5-7-13(8-6-11)10-3-4-12(2)9-10;1-2/h10H,3-9H2,1-2H3;1-2H3/t10-;/m1./s1.